The van der Waals surface area contributed by atoms with Gasteiger partial charge in [0.2, 0.25) is 5.91 Å². The maximum Gasteiger partial charge on any atom is 0.234 e. The maximum atomic E-state index is 11.6. The predicted octanol–water partition coefficient (Wildman–Crippen LogP) is -1.25. The van der Waals surface area contributed by atoms with Gasteiger partial charge in [0, 0.05) is 0 Å². The fourth-order valence-corrected chi connectivity index (χ4v) is 1.50. The lowest BCUT2D eigenvalue weighted by atomic mass is 10.0. The van der Waals surface area contributed by atoms with Gasteiger partial charge in [-0.2, -0.15) is 0 Å². The lowest BCUT2D eigenvalue weighted by Gasteiger charge is -2.33. The first kappa shape index (κ1) is 19.0. The summed E-state index contributed by atoms with van der Waals surface area (Å²) in [6, 6.07) is 0. The van der Waals surface area contributed by atoms with Crippen molar-refractivity contribution in [2.75, 3.05) is 46.2 Å². The molecular weight excluding hydrogens is 272 g/mol. The van der Waals surface area contributed by atoms with Crippen molar-refractivity contribution in [1.82, 2.24) is 5.32 Å². The molecule has 0 spiro atoms. The van der Waals surface area contributed by atoms with Crippen LogP contribution in [0.1, 0.15) is 0 Å². The standard InChI is InChI=1S/C15H20N2O4/c1-4-7-19-11-15(12-20-8-5-2,13-21-9-6-3)17-14(18)10-16/h1-3H,7-13,16H2,(H,17,18). The summed E-state index contributed by atoms with van der Waals surface area (Å²) in [5.74, 6) is 6.63. The van der Waals surface area contributed by atoms with Crippen molar-refractivity contribution in [2.24, 2.45) is 5.73 Å². The van der Waals surface area contributed by atoms with Crippen LogP contribution in [-0.2, 0) is 19.0 Å². The number of rotatable bonds is 11. The Bertz CT molecular complexity index is 378. The molecule has 0 aromatic heterocycles. The lowest BCUT2D eigenvalue weighted by Crippen LogP contribution is -2.59. The molecule has 6 nitrogen and oxygen atoms in total. The zero-order valence-corrected chi connectivity index (χ0v) is 11.9. The number of ether oxygens (including phenoxy) is 3. The molecule has 0 aliphatic heterocycles. The highest BCUT2D eigenvalue weighted by Crippen LogP contribution is 2.09. The van der Waals surface area contributed by atoms with Crippen LogP contribution in [0.5, 0.6) is 0 Å². The monoisotopic (exact) mass is 292 g/mol. The SMILES string of the molecule is C#CCOCC(COCC#C)(COCC#C)NC(=O)CN. The number of amides is 1. The van der Waals surface area contributed by atoms with Gasteiger partial charge in [-0.1, -0.05) is 17.8 Å². The van der Waals surface area contributed by atoms with Crippen molar-refractivity contribution >= 4 is 5.91 Å². The molecule has 0 saturated carbocycles. The number of nitrogens with one attached hydrogen (secondary N) is 1. The Balaban J connectivity index is 4.87. The normalized spacial score (nSPS) is 10.2. The Morgan fingerprint density at radius 1 is 0.952 bits per heavy atom. The van der Waals surface area contributed by atoms with Crippen molar-refractivity contribution in [3.63, 3.8) is 0 Å². The van der Waals surface area contributed by atoms with Crippen LogP contribution in [0.15, 0.2) is 0 Å². The van der Waals surface area contributed by atoms with Gasteiger partial charge in [-0.25, -0.2) is 0 Å². The molecule has 0 fully saturated rings. The van der Waals surface area contributed by atoms with Crippen LogP contribution in [0.4, 0.5) is 0 Å². The average Bonchev–Trinajstić information content (AvgIpc) is 2.48. The van der Waals surface area contributed by atoms with Crippen molar-refractivity contribution in [2.45, 2.75) is 5.54 Å². The van der Waals surface area contributed by atoms with Gasteiger partial charge in [0.15, 0.2) is 0 Å². The Hall–Kier alpha value is -2.01. The molecule has 114 valence electrons. The van der Waals surface area contributed by atoms with Crippen LogP contribution in [-0.4, -0.2) is 57.6 Å². The van der Waals surface area contributed by atoms with Gasteiger partial charge in [-0.15, -0.1) is 19.3 Å². The molecule has 0 aromatic rings. The Morgan fingerprint density at radius 2 is 1.33 bits per heavy atom. The van der Waals surface area contributed by atoms with Gasteiger partial charge in [0.25, 0.3) is 0 Å². The number of carbonyl (C=O) groups is 1. The molecule has 0 aliphatic rings. The van der Waals surface area contributed by atoms with Crippen LogP contribution in [0.25, 0.3) is 0 Å². The van der Waals surface area contributed by atoms with E-state index < -0.39 is 5.54 Å². The lowest BCUT2D eigenvalue weighted by molar-refractivity contribution is -0.125. The van der Waals surface area contributed by atoms with Crippen LogP contribution in [0.3, 0.4) is 0 Å². The molecule has 21 heavy (non-hydrogen) atoms. The molecule has 0 unspecified atom stereocenters. The first-order chi connectivity index (χ1) is 10.1. The summed E-state index contributed by atoms with van der Waals surface area (Å²) >= 11 is 0. The predicted molar refractivity (Wildman–Crippen MR) is 78.9 cm³/mol. The minimum absolute atomic E-state index is 0.0814. The van der Waals surface area contributed by atoms with E-state index in [0.717, 1.165) is 0 Å². The second kappa shape index (κ2) is 11.8. The van der Waals surface area contributed by atoms with Gasteiger partial charge in [-0.05, 0) is 0 Å². The third kappa shape index (κ3) is 8.70. The summed E-state index contributed by atoms with van der Waals surface area (Å²) in [7, 11) is 0. The van der Waals surface area contributed by atoms with Crippen molar-refractivity contribution in [3.8, 4) is 37.0 Å². The number of hydrogen-bond acceptors (Lipinski definition) is 5. The third-order valence-electron chi connectivity index (χ3n) is 2.28. The average molecular weight is 292 g/mol. The van der Waals surface area contributed by atoms with Gasteiger partial charge < -0.3 is 25.3 Å². The zero-order valence-electron chi connectivity index (χ0n) is 11.9. The van der Waals surface area contributed by atoms with Gasteiger partial charge in [0.05, 0.1) is 26.4 Å². The fraction of sp³-hybridized carbons (Fsp3) is 0.533. The summed E-state index contributed by atoms with van der Waals surface area (Å²) in [6.07, 6.45) is 15.4. The molecule has 0 aromatic carbocycles. The van der Waals surface area contributed by atoms with Gasteiger partial charge in [-0.3, -0.25) is 4.79 Å². The van der Waals surface area contributed by atoms with Gasteiger partial charge >= 0.3 is 0 Å². The van der Waals surface area contributed by atoms with E-state index in [1.165, 1.54) is 0 Å². The second-order valence-electron chi connectivity index (χ2n) is 4.12. The van der Waals surface area contributed by atoms with E-state index in [2.05, 4.69) is 23.1 Å². The van der Waals surface area contributed by atoms with Crippen LogP contribution in [0, 0.1) is 37.0 Å². The van der Waals surface area contributed by atoms with Crippen molar-refractivity contribution < 1.29 is 19.0 Å². The number of hydrogen-bond donors (Lipinski definition) is 2. The van der Waals surface area contributed by atoms with E-state index in [1.807, 2.05) is 0 Å². The van der Waals surface area contributed by atoms with E-state index in [9.17, 15) is 4.79 Å². The fourth-order valence-electron chi connectivity index (χ4n) is 1.50. The van der Waals surface area contributed by atoms with E-state index in [4.69, 9.17) is 39.2 Å². The summed E-state index contributed by atoms with van der Waals surface area (Å²) in [5.41, 5.74) is 4.35. The molecular formula is C15H20N2O4. The number of carbonyl (C=O) groups excluding carboxylic acids is 1. The molecule has 0 radical (unpaired) electrons. The molecule has 0 atom stereocenters. The minimum Gasteiger partial charge on any atom is -0.366 e. The maximum absolute atomic E-state index is 11.6. The van der Waals surface area contributed by atoms with E-state index >= 15 is 0 Å². The first-order valence-corrected chi connectivity index (χ1v) is 6.19. The van der Waals surface area contributed by atoms with Crippen LogP contribution < -0.4 is 11.1 Å². The van der Waals surface area contributed by atoms with Gasteiger partial charge in [0.1, 0.15) is 25.4 Å². The van der Waals surface area contributed by atoms with Crippen LogP contribution >= 0.6 is 0 Å². The van der Waals surface area contributed by atoms with Crippen molar-refractivity contribution in [1.29, 1.82) is 0 Å². The molecule has 1 amide bonds. The summed E-state index contributed by atoms with van der Waals surface area (Å²) in [5, 5.41) is 2.71. The number of nitrogens with two attached hydrogens (primary N) is 1. The highest BCUT2D eigenvalue weighted by Gasteiger charge is 2.33. The second-order valence-corrected chi connectivity index (χ2v) is 4.12. The van der Waals surface area contributed by atoms with Crippen LogP contribution in [0.2, 0.25) is 0 Å². The summed E-state index contributed by atoms with van der Waals surface area (Å²) in [4.78, 5) is 11.6. The highest BCUT2D eigenvalue weighted by atomic mass is 16.5. The molecule has 0 bridgehead atoms. The smallest absolute Gasteiger partial charge is 0.234 e. The number of terminal acetylenes is 3. The molecule has 0 aliphatic carbocycles. The highest BCUT2D eigenvalue weighted by molar-refractivity contribution is 5.78. The largest absolute Gasteiger partial charge is 0.366 e. The molecule has 6 heteroatoms. The molecule has 3 N–H and O–H groups in total. The Labute approximate surface area is 125 Å². The topological polar surface area (TPSA) is 82.8 Å². The molecule has 0 saturated heterocycles. The zero-order chi connectivity index (χ0) is 16.0. The summed E-state index contributed by atoms with van der Waals surface area (Å²) in [6.45, 7) is 0.328. The van der Waals surface area contributed by atoms with E-state index in [-0.39, 0.29) is 52.1 Å². The van der Waals surface area contributed by atoms with E-state index in [0.29, 0.717) is 0 Å². The minimum atomic E-state index is -0.957. The summed E-state index contributed by atoms with van der Waals surface area (Å²) < 4.78 is 15.9. The Morgan fingerprint density at radius 3 is 1.62 bits per heavy atom. The van der Waals surface area contributed by atoms with Crippen molar-refractivity contribution in [3.05, 3.63) is 0 Å². The quantitative estimate of drug-likeness (QED) is 0.367. The first-order valence-electron chi connectivity index (χ1n) is 6.19. The molecule has 0 rings (SSSR count). The third-order valence-corrected chi connectivity index (χ3v) is 2.28. The molecule has 0 heterocycles. The Kier molecular flexibility index (Phi) is 10.7. The van der Waals surface area contributed by atoms with E-state index in [1.54, 1.807) is 0 Å².